The van der Waals surface area contributed by atoms with Crippen LogP contribution in [-0.4, -0.2) is 28.3 Å². The fourth-order valence-corrected chi connectivity index (χ4v) is 4.01. The van der Waals surface area contributed by atoms with E-state index < -0.39 is 12.0 Å². The Morgan fingerprint density at radius 2 is 1.87 bits per heavy atom. The Morgan fingerprint density at radius 3 is 2.60 bits per heavy atom. The van der Waals surface area contributed by atoms with E-state index in [0.29, 0.717) is 39.8 Å². The molecule has 4 rings (SSSR count). The van der Waals surface area contributed by atoms with Crippen molar-refractivity contribution in [1.82, 2.24) is 14.5 Å². The molecule has 0 bridgehead atoms. The van der Waals surface area contributed by atoms with Crippen LogP contribution < -0.4 is 9.47 Å². The van der Waals surface area contributed by atoms with Crippen LogP contribution >= 0.6 is 11.3 Å². The summed E-state index contributed by atoms with van der Waals surface area (Å²) in [5, 5.41) is 2.44. The monoisotopic (exact) mass is 433 g/mol. The number of thiazole rings is 1. The molecule has 0 unspecified atom stereocenters. The van der Waals surface area contributed by atoms with E-state index in [1.54, 1.807) is 48.9 Å². The summed E-state index contributed by atoms with van der Waals surface area (Å²) in [5.41, 5.74) is 2.05. The molecule has 5 nitrogen and oxygen atoms in total. The van der Waals surface area contributed by atoms with Crippen molar-refractivity contribution in [2.24, 2.45) is 0 Å². The van der Waals surface area contributed by atoms with Crippen LogP contribution in [0.15, 0.2) is 47.8 Å². The highest BCUT2D eigenvalue weighted by molar-refractivity contribution is 7.13. The number of rotatable bonds is 6. The van der Waals surface area contributed by atoms with Gasteiger partial charge in [0.25, 0.3) is 0 Å². The van der Waals surface area contributed by atoms with Gasteiger partial charge in [-0.25, -0.2) is 9.97 Å². The molecule has 2 heterocycles. The van der Waals surface area contributed by atoms with E-state index in [9.17, 15) is 13.2 Å². The number of halogens is 3. The molecule has 0 N–H and O–H groups in total. The van der Waals surface area contributed by atoms with Gasteiger partial charge >= 0.3 is 6.18 Å². The predicted octanol–water partition coefficient (Wildman–Crippen LogP) is 5.63. The summed E-state index contributed by atoms with van der Waals surface area (Å²) >= 11 is 1.36. The molecule has 9 heteroatoms. The lowest BCUT2D eigenvalue weighted by atomic mass is 10.2. The highest BCUT2D eigenvalue weighted by Gasteiger charge is 2.37. The van der Waals surface area contributed by atoms with Crippen LogP contribution in [0.5, 0.6) is 11.5 Å². The lowest BCUT2D eigenvalue weighted by Crippen LogP contribution is -2.15. The molecule has 0 radical (unpaired) electrons. The van der Waals surface area contributed by atoms with E-state index in [1.165, 1.54) is 11.3 Å². The summed E-state index contributed by atoms with van der Waals surface area (Å²) in [6, 6.07) is 12.0. The largest absolute Gasteiger partial charge is 0.493 e. The first-order chi connectivity index (χ1) is 14.4. The number of ether oxygens (including phenoxy) is 2. The third-order valence-electron chi connectivity index (χ3n) is 4.49. The number of methoxy groups -OCH3 is 1. The summed E-state index contributed by atoms with van der Waals surface area (Å²) in [6.07, 6.45) is -4.56. The molecule has 156 valence electrons. The molecule has 30 heavy (non-hydrogen) atoms. The van der Waals surface area contributed by atoms with Gasteiger partial charge in [0.05, 0.1) is 37.0 Å². The highest BCUT2D eigenvalue weighted by Crippen LogP contribution is 2.35. The van der Waals surface area contributed by atoms with E-state index in [2.05, 4.69) is 9.97 Å². The van der Waals surface area contributed by atoms with Gasteiger partial charge < -0.3 is 14.0 Å². The van der Waals surface area contributed by atoms with Crippen molar-refractivity contribution in [3.8, 4) is 22.1 Å². The fourth-order valence-electron chi connectivity index (χ4n) is 3.20. The molecule has 0 spiro atoms. The quantitative estimate of drug-likeness (QED) is 0.395. The number of hydrogen-bond donors (Lipinski definition) is 0. The normalized spacial score (nSPS) is 11.8. The van der Waals surface area contributed by atoms with Crippen molar-refractivity contribution in [3.63, 3.8) is 0 Å². The highest BCUT2D eigenvalue weighted by atomic mass is 32.1. The van der Waals surface area contributed by atoms with Crippen LogP contribution in [0.1, 0.15) is 18.4 Å². The maximum absolute atomic E-state index is 13.5. The first-order valence-corrected chi connectivity index (χ1v) is 10.1. The number of aromatic nitrogens is 3. The number of fused-ring (bicyclic) bond motifs is 1. The van der Waals surface area contributed by atoms with Crippen molar-refractivity contribution in [1.29, 1.82) is 0 Å². The SMILES string of the molecule is CCOc1ccc(-c2nc(Cn3c(C(F)(F)F)nc4ccccc43)cs2)cc1OC. The Kier molecular flexibility index (Phi) is 5.38. The van der Waals surface area contributed by atoms with Crippen LogP contribution in [-0.2, 0) is 12.7 Å². The van der Waals surface area contributed by atoms with Crippen molar-refractivity contribution in [2.75, 3.05) is 13.7 Å². The molecule has 0 atom stereocenters. The van der Waals surface area contributed by atoms with Crippen LogP contribution in [0.2, 0.25) is 0 Å². The summed E-state index contributed by atoms with van der Waals surface area (Å²) in [4.78, 5) is 8.32. The number of alkyl halides is 3. The molecular formula is C21H18F3N3O2S. The van der Waals surface area contributed by atoms with Crippen molar-refractivity contribution >= 4 is 22.4 Å². The second kappa shape index (κ2) is 7.98. The molecule has 2 aromatic heterocycles. The van der Waals surface area contributed by atoms with Gasteiger partial charge in [-0.3, -0.25) is 0 Å². The molecule has 0 amide bonds. The Labute approximate surface area is 174 Å². The fraction of sp³-hybridized carbons (Fsp3) is 0.238. The molecule has 0 saturated heterocycles. The minimum Gasteiger partial charge on any atom is -0.493 e. The minimum atomic E-state index is -4.56. The smallest absolute Gasteiger partial charge is 0.449 e. The number of imidazole rings is 1. The van der Waals surface area contributed by atoms with Gasteiger partial charge in [-0.05, 0) is 37.3 Å². The summed E-state index contributed by atoms with van der Waals surface area (Å²) in [7, 11) is 1.55. The van der Waals surface area contributed by atoms with E-state index >= 15 is 0 Å². The molecular weight excluding hydrogens is 415 g/mol. The maximum atomic E-state index is 13.5. The van der Waals surface area contributed by atoms with Gasteiger partial charge in [0.2, 0.25) is 5.82 Å². The Hall–Kier alpha value is -3.07. The van der Waals surface area contributed by atoms with E-state index in [4.69, 9.17) is 9.47 Å². The van der Waals surface area contributed by atoms with Gasteiger partial charge in [-0.1, -0.05) is 12.1 Å². The van der Waals surface area contributed by atoms with E-state index in [1.807, 2.05) is 13.0 Å². The Bertz CT molecular complexity index is 1180. The average Bonchev–Trinajstić information content (AvgIpc) is 3.34. The van der Waals surface area contributed by atoms with Crippen LogP contribution in [0.3, 0.4) is 0 Å². The third kappa shape index (κ3) is 3.85. The Balaban J connectivity index is 1.68. The second-order valence-electron chi connectivity index (χ2n) is 6.45. The van der Waals surface area contributed by atoms with Gasteiger partial charge in [0.1, 0.15) is 5.01 Å². The molecule has 0 aliphatic rings. The zero-order valence-corrected chi connectivity index (χ0v) is 17.0. The van der Waals surface area contributed by atoms with Crippen LogP contribution in [0.4, 0.5) is 13.2 Å². The topological polar surface area (TPSA) is 49.2 Å². The first-order valence-electron chi connectivity index (χ1n) is 9.18. The minimum absolute atomic E-state index is 0.0278. The first kappa shape index (κ1) is 20.2. The second-order valence-corrected chi connectivity index (χ2v) is 7.31. The number of para-hydroxylation sites is 2. The standard InChI is InChI=1S/C21H18F3N3O2S/c1-3-29-17-9-8-13(10-18(17)28-2)19-25-14(12-30-19)11-27-16-7-5-4-6-15(16)26-20(27)21(22,23)24/h4-10,12H,3,11H2,1-2H3. The maximum Gasteiger partial charge on any atom is 0.449 e. The van der Waals surface area contributed by atoms with Crippen molar-refractivity contribution in [3.05, 3.63) is 59.4 Å². The number of benzene rings is 2. The van der Waals surface area contributed by atoms with Crippen LogP contribution in [0.25, 0.3) is 21.6 Å². The number of hydrogen-bond acceptors (Lipinski definition) is 5. The van der Waals surface area contributed by atoms with Gasteiger partial charge in [-0.15, -0.1) is 11.3 Å². The van der Waals surface area contributed by atoms with Crippen molar-refractivity contribution in [2.45, 2.75) is 19.6 Å². The van der Waals surface area contributed by atoms with Crippen LogP contribution in [0, 0.1) is 0 Å². The Morgan fingerprint density at radius 1 is 1.07 bits per heavy atom. The summed E-state index contributed by atoms with van der Waals surface area (Å²) in [6.45, 7) is 2.37. The molecule has 2 aromatic carbocycles. The van der Waals surface area contributed by atoms with E-state index in [0.717, 1.165) is 10.1 Å². The zero-order valence-electron chi connectivity index (χ0n) is 16.2. The molecule has 4 aromatic rings. The zero-order chi connectivity index (χ0) is 21.3. The predicted molar refractivity (Wildman–Crippen MR) is 109 cm³/mol. The molecule has 0 aliphatic carbocycles. The van der Waals surface area contributed by atoms with E-state index in [-0.39, 0.29) is 6.54 Å². The lowest BCUT2D eigenvalue weighted by Gasteiger charge is -2.10. The van der Waals surface area contributed by atoms with Gasteiger partial charge in [-0.2, -0.15) is 13.2 Å². The summed E-state index contributed by atoms with van der Waals surface area (Å²) in [5.74, 6) is 0.271. The van der Waals surface area contributed by atoms with Gasteiger partial charge in [0.15, 0.2) is 11.5 Å². The molecule has 0 aliphatic heterocycles. The summed E-state index contributed by atoms with van der Waals surface area (Å²) < 4.78 is 52.6. The molecule has 0 fully saturated rings. The molecule has 0 saturated carbocycles. The van der Waals surface area contributed by atoms with Crippen molar-refractivity contribution < 1.29 is 22.6 Å². The average molecular weight is 433 g/mol. The lowest BCUT2D eigenvalue weighted by molar-refractivity contribution is -0.146. The van der Waals surface area contributed by atoms with Gasteiger partial charge in [0, 0.05) is 10.9 Å². The third-order valence-corrected chi connectivity index (χ3v) is 5.43. The number of nitrogens with zero attached hydrogens (tertiary/aromatic N) is 3.